The van der Waals surface area contributed by atoms with Crippen LogP contribution in [0.15, 0.2) is 23.3 Å². The second-order valence-corrected chi connectivity index (χ2v) is 3.10. The number of rotatable bonds is 3. The van der Waals surface area contributed by atoms with Gasteiger partial charge in [-0.2, -0.15) is 0 Å². The molecule has 1 aromatic rings. The first kappa shape index (κ1) is 11.3. The molecule has 0 amide bonds. The summed E-state index contributed by atoms with van der Waals surface area (Å²) >= 11 is 5.56. The second-order valence-electron chi connectivity index (χ2n) is 2.71. The molecule has 1 aromatic heterocycles. The Balaban J connectivity index is 3.05. The third-order valence-corrected chi connectivity index (χ3v) is 1.80. The summed E-state index contributed by atoms with van der Waals surface area (Å²) in [5.74, 6) is -1.45. The van der Waals surface area contributed by atoms with E-state index in [1.165, 1.54) is 18.3 Å². The van der Waals surface area contributed by atoms with Crippen molar-refractivity contribution in [2.45, 2.75) is 6.04 Å². The second kappa shape index (κ2) is 4.61. The molecule has 1 rings (SSSR count). The average Bonchev–Trinajstić information content (AvgIpc) is 2.15. The molecular weight excluding hydrogens is 220 g/mol. The number of halogens is 1. The zero-order valence-corrected chi connectivity index (χ0v) is 8.35. The lowest BCUT2D eigenvalue weighted by molar-refractivity contribution is -0.138. The first-order valence-corrected chi connectivity index (χ1v) is 4.31. The molecule has 6 nitrogen and oxygen atoms in total. The van der Waals surface area contributed by atoms with E-state index in [1.54, 1.807) is 0 Å². The predicted octanol–water partition coefficient (Wildman–Crippen LogP) is 0.134. The summed E-state index contributed by atoms with van der Waals surface area (Å²) in [5.41, 5.74) is 10.6. The molecule has 7 heteroatoms. The number of aromatic nitrogens is 1. The van der Waals surface area contributed by atoms with Crippen LogP contribution in [-0.4, -0.2) is 22.0 Å². The number of nitrogens with two attached hydrogens (primary N) is 2. The van der Waals surface area contributed by atoms with E-state index in [1.807, 2.05) is 0 Å². The molecule has 0 saturated carbocycles. The highest BCUT2D eigenvalue weighted by molar-refractivity contribution is 6.29. The normalized spacial score (nSPS) is 11.8. The van der Waals surface area contributed by atoms with Gasteiger partial charge < -0.3 is 16.6 Å². The number of hydrogen-bond donors (Lipinski definition) is 3. The molecule has 0 radical (unpaired) electrons. The van der Waals surface area contributed by atoms with Gasteiger partial charge in [-0.05, 0) is 6.07 Å². The van der Waals surface area contributed by atoms with Crippen molar-refractivity contribution >= 4 is 23.5 Å². The van der Waals surface area contributed by atoms with Crippen LogP contribution >= 0.6 is 11.6 Å². The Morgan fingerprint density at radius 2 is 2.20 bits per heavy atom. The van der Waals surface area contributed by atoms with Gasteiger partial charge in [-0.1, -0.05) is 17.7 Å². The number of pyridine rings is 1. The lowest BCUT2D eigenvalue weighted by atomic mass is 10.1. The third kappa shape index (κ3) is 3.10. The van der Waals surface area contributed by atoms with Crippen molar-refractivity contribution in [1.82, 2.24) is 4.98 Å². The Bertz CT molecular complexity index is 386. The Kier molecular flexibility index (Phi) is 3.46. The van der Waals surface area contributed by atoms with Crippen molar-refractivity contribution in [2.75, 3.05) is 0 Å². The first-order valence-electron chi connectivity index (χ1n) is 3.93. The minimum absolute atomic E-state index is 0.271. The average molecular weight is 229 g/mol. The fourth-order valence-electron chi connectivity index (χ4n) is 0.970. The molecular formula is C8H9ClN4O2. The summed E-state index contributed by atoms with van der Waals surface area (Å²) < 4.78 is 0. The summed E-state index contributed by atoms with van der Waals surface area (Å²) in [5, 5.41) is 9.14. The molecule has 0 aliphatic heterocycles. The van der Waals surface area contributed by atoms with E-state index in [9.17, 15) is 4.79 Å². The van der Waals surface area contributed by atoms with Crippen LogP contribution in [0.1, 0.15) is 11.6 Å². The largest absolute Gasteiger partial charge is 0.479 e. The van der Waals surface area contributed by atoms with Crippen LogP contribution in [0.25, 0.3) is 0 Å². The van der Waals surface area contributed by atoms with Crippen LogP contribution in [0, 0.1) is 0 Å². The molecule has 0 bridgehead atoms. The molecule has 0 fully saturated rings. The highest BCUT2D eigenvalue weighted by atomic mass is 35.5. The lowest BCUT2D eigenvalue weighted by Gasteiger charge is -2.07. The van der Waals surface area contributed by atoms with Crippen molar-refractivity contribution in [2.24, 2.45) is 16.5 Å². The van der Waals surface area contributed by atoms with Gasteiger partial charge in [0.2, 0.25) is 0 Å². The van der Waals surface area contributed by atoms with Crippen molar-refractivity contribution in [3.63, 3.8) is 0 Å². The van der Waals surface area contributed by atoms with E-state index in [0.29, 0.717) is 5.56 Å². The van der Waals surface area contributed by atoms with Gasteiger partial charge in [-0.15, -0.1) is 0 Å². The Morgan fingerprint density at radius 3 is 2.60 bits per heavy atom. The molecule has 1 unspecified atom stereocenters. The van der Waals surface area contributed by atoms with Crippen LogP contribution in [0.3, 0.4) is 0 Å². The molecule has 0 saturated heterocycles. The zero-order valence-electron chi connectivity index (χ0n) is 7.59. The van der Waals surface area contributed by atoms with E-state index in [-0.39, 0.29) is 11.1 Å². The third-order valence-electron chi connectivity index (χ3n) is 1.58. The smallest absolute Gasteiger partial charge is 0.333 e. The number of aliphatic carboxylic acids is 1. The number of aliphatic imine (C=N–C) groups is 1. The standard InChI is InChI=1S/C8H9ClN4O2/c9-5-2-1-4(3-12-5)6(7(14)15)13-8(10)11/h1-3,6H,(H,14,15)(H4,10,11,13). The van der Waals surface area contributed by atoms with Crippen LogP contribution in [-0.2, 0) is 4.79 Å². The molecule has 1 heterocycles. The first-order chi connectivity index (χ1) is 7.00. The zero-order chi connectivity index (χ0) is 11.4. The van der Waals surface area contributed by atoms with Crippen LogP contribution in [0.2, 0.25) is 5.15 Å². The maximum absolute atomic E-state index is 10.8. The number of carboxylic acid groups (broad SMARTS) is 1. The number of nitrogens with zero attached hydrogens (tertiary/aromatic N) is 2. The Hall–Kier alpha value is -1.82. The summed E-state index contributed by atoms with van der Waals surface area (Å²) in [6.45, 7) is 0. The van der Waals surface area contributed by atoms with Crippen molar-refractivity contribution in [3.05, 3.63) is 29.0 Å². The highest BCUT2D eigenvalue weighted by Gasteiger charge is 2.19. The van der Waals surface area contributed by atoms with Crippen LogP contribution < -0.4 is 11.5 Å². The molecule has 80 valence electrons. The molecule has 0 aliphatic rings. The highest BCUT2D eigenvalue weighted by Crippen LogP contribution is 2.17. The Morgan fingerprint density at radius 1 is 1.53 bits per heavy atom. The number of carboxylic acids is 1. The molecule has 0 aliphatic carbocycles. The van der Waals surface area contributed by atoms with E-state index < -0.39 is 12.0 Å². The van der Waals surface area contributed by atoms with E-state index in [2.05, 4.69) is 9.98 Å². The van der Waals surface area contributed by atoms with Gasteiger partial charge in [0.1, 0.15) is 5.15 Å². The number of carbonyl (C=O) groups is 1. The van der Waals surface area contributed by atoms with E-state index >= 15 is 0 Å². The van der Waals surface area contributed by atoms with E-state index in [0.717, 1.165) is 0 Å². The van der Waals surface area contributed by atoms with Gasteiger partial charge in [-0.3, -0.25) is 0 Å². The predicted molar refractivity (Wildman–Crippen MR) is 55.4 cm³/mol. The van der Waals surface area contributed by atoms with Crippen LogP contribution in [0.4, 0.5) is 0 Å². The molecule has 5 N–H and O–H groups in total. The van der Waals surface area contributed by atoms with Crippen molar-refractivity contribution in [3.8, 4) is 0 Å². The van der Waals surface area contributed by atoms with Crippen molar-refractivity contribution in [1.29, 1.82) is 0 Å². The minimum Gasteiger partial charge on any atom is -0.479 e. The summed E-state index contributed by atoms with van der Waals surface area (Å²) in [6.07, 6.45) is 1.31. The summed E-state index contributed by atoms with van der Waals surface area (Å²) in [7, 11) is 0. The number of hydrogen-bond acceptors (Lipinski definition) is 3. The van der Waals surface area contributed by atoms with Gasteiger partial charge in [0.15, 0.2) is 12.0 Å². The quantitative estimate of drug-likeness (QED) is 0.387. The topological polar surface area (TPSA) is 115 Å². The fourth-order valence-corrected chi connectivity index (χ4v) is 1.08. The summed E-state index contributed by atoms with van der Waals surface area (Å²) in [6, 6.07) is 1.81. The molecule has 0 aromatic carbocycles. The van der Waals surface area contributed by atoms with Gasteiger partial charge >= 0.3 is 5.97 Å². The molecule has 0 spiro atoms. The SMILES string of the molecule is NC(N)=NC(C(=O)O)c1ccc(Cl)nc1. The molecule has 1 atom stereocenters. The lowest BCUT2D eigenvalue weighted by Crippen LogP contribution is -2.25. The van der Waals surface area contributed by atoms with Gasteiger partial charge in [0.25, 0.3) is 0 Å². The van der Waals surface area contributed by atoms with E-state index in [4.69, 9.17) is 28.2 Å². The van der Waals surface area contributed by atoms with Gasteiger partial charge in [0, 0.05) is 11.8 Å². The Labute approximate surface area is 90.6 Å². The fraction of sp³-hybridized carbons (Fsp3) is 0.125. The molecule has 15 heavy (non-hydrogen) atoms. The maximum Gasteiger partial charge on any atom is 0.333 e. The van der Waals surface area contributed by atoms with Crippen LogP contribution in [0.5, 0.6) is 0 Å². The monoisotopic (exact) mass is 228 g/mol. The van der Waals surface area contributed by atoms with Gasteiger partial charge in [0.05, 0.1) is 0 Å². The maximum atomic E-state index is 10.8. The van der Waals surface area contributed by atoms with Gasteiger partial charge in [-0.25, -0.2) is 14.8 Å². The number of guanidine groups is 1. The van der Waals surface area contributed by atoms with Crippen molar-refractivity contribution < 1.29 is 9.90 Å². The summed E-state index contributed by atoms with van der Waals surface area (Å²) in [4.78, 5) is 18.1. The minimum atomic E-state index is -1.16.